The number of rotatable bonds is 9. The third-order valence-electron chi connectivity index (χ3n) is 2.02. The van der Waals surface area contributed by atoms with Gasteiger partial charge in [-0.05, 0) is 25.7 Å². The molecule has 0 aromatic rings. The molecule has 0 heterocycles. The third-order valence-corrected chi connectivity index (χ3v) is 2.02. The second kappa shape index (κ2) is 12.0. The van der Waals surface area contributed by atoms with Crippen molar-refractivity contribution in [3.05, 3.63) is 49.6 Å². The van der Waals surface area contributed by atoms with Crippen LogP contribution in [0.25, 0.3) is 0 Å². The molecule has 0 aliphatic heterocycles. The first-order valence-corrected chi connectivity index (χ1v) is 5.47. The zero-order chi connectivity index (χ0) is 10.5. The average Bonchev–Trinajstić information content (AvgIpc) is 2.21. The summed E-state index contributed by atoms with van der Waals surface area (Å²) in [6.45, 7) is 7.32. The Kier molecular flexibility index (Phi) is 11.1. The van der Waals surface area contributed by atoms with E-state index in [4.69, 9.17) is 0 Å². The molecular weight excluding hydrogens is 168 g/mol. The first-order valence-electron chi connectivity index (χ1n) is 5.47. The zero-order valence-electron chi connectivity index (χ0n) is 9.12. The van der Waals surface area contributed by atoms with E-state index >= 15 is 0 Å². The molecule has 0 saturated heterocycles. The highest BCUT2D eigenvalue weighted by atomic mass is 13.9. The molecule has 0 radical (unpaired) electrons. The smallest absolute Gasteiger partial charge is 0.0348 e. The van der Waals surface area contributed by atoms with Crippen LogP contribution in [0, 0.1) is 0 Å². The molecule has 0 aromatic heterocycles. The van der Waals surface area contributed by atoms with Gasteiger partial charge in [0.1, 0.15) is 0 Å². The highest BCUT2D eigenvalue weighted by Crippen LogP contribution is 2.05. The van der Waals surface area contributed by atoms with Crippen molar-refractivity contribution in [3.63, 3.8) is 0 Å². The fraction of sp³-hybridized carbons (Fsp3) is 0.429. The predicted molar refractivity (Wildman–Crippen MR) is 66.4 cm³/mol. The van der Waals surface area contributed by atoms with Crippen LogP contribution in [0.1, 0.15) is 38.5 Å². The van der Waals surface area contributed by atoms with Gasteiger partial charge in [-0.25, -0.2) is 0 Å². The standard InChI is InChI=1S/C14H22/c1-3-5-7-9-11-13-14-12-10-8-6-4-2/h3-5,7,9,11H,1-2,6,8,10,12-14H2. The van der Waals surface area contributed by atoms with Crippen LogP contribution in [0.15, 0.2) is 49.6 Å². The van der Waals surface area contributed by atoms with Gasteiger partial charge >= 0.3 is 0 Å². The SMILES string of the molecule is C=CC=CC=CCCCCCCC=C. The summed E-state index contributed by atoms with van der Waals surface area (Å²) in [5.74, 6) is 0. The van der Waals surface area contributed by atoms with Crippen molar-refractivity contribution in [1.29, 1.82) is 0 Å². The third kappa shape index (κ3) is 11.0. The molecule has 0 unspecified atom stereocenters. The topological polar surface area (TPSA) is 0 Å². The van der Waals surface area contributed by atoms with Crippen molar-refractivity contribution in [2.45, 2.75) is 38.5 Å². The van der Waals surface area contributed by atoms with Crippen LogP contribution in [0.2, 0.25) is 0 Å². The van der Waals surface area contributed by atoms with Crippen LogP contribution >= 0.6 is 0 Å². The van der Waals surface area contributed by atoms with E-state index in [-0.39, 0.29) is 0 Å². The summed E-state index contributed by atoms with van der Waals surface area (Å²) in [6, 6.07) is 0. The minimum absolute atomic E-state index is 1.16. The monoisotopic (exact) mass is 190 g/mol. The van der Waals surface area contributed by atoms with Crippen molar-refractivity contribution < 1.29 is 0 Å². The molecule has 78 valence electrons. The molecule has 0 saturated carbocycles. The number of allylic oxidation sites excluding steroid dienone is 6. The maximum absolute atomic E-state index is 3.71. The van der Waals surface area contributed by atoms with Gasteiger partial charge in [-0.1, -0.05) is 55.9 Å². The Labute approximate surface area is 88.7 Å². The summed E-state index contributed by atoms with van der Waals surface area (Å²) < 4.78 is 0. The van der Waals surface area contributed by atoms with Crippen LogP contribution in [0.3, 0.4) is 0 Å². The summed E-state index contributed by atoms with van der Waals surface area (Å²) >= 11 is 0. The van der Waals surface area contributed by atoms with E-state index in [9.17, 15) is 0 Å². The Morgan fingerprint density at radius 3 is 2.07 bits per heavy atom. The second-order valence-electron chi connectivity index (χ2n) is 3.33. The Morgan fingerprint density at radius 2 is 1.43 bits per heavy atom. The van der Waals surface area contributed by atoms with Crippen LogP contribution < -0.4 is 0 Å². The maximum atomic E-state index is 3.71. The molecule has 0 fully saturated rings. The van der Waals surface area contributed by atoms with Crippen LogP contribution in [-0.4, -0.2) is 0 Å². The molecule has 0 atom stereocenters. The molecule has 0 spiro atoms. The van der Waals surface area contributed by atoms with E-state index in [1.54, 1.807) is 6.08 Å². The molecule has 0 amide bonds. The Balaban J connectivity index is 3.12. The van der Waals surface area contributed by atoms with Crippen LogP contribution in [0.5, 0.6) is 0 Å². The lowest BCUT2D eigenvalue weighted by atomic mass is 10.1. The summed E-state index contributed by atoms with van der Waals surface area (Å²) in [5, 5.41) is 0. The lowest BCUT2D eigenvalue weighted by molar-refractivity contribution is 0.652. The lowest BCUT2D eigenvalue weighted by Gasteiger charge is -1.95. The van der Waals surface area contributed by atoms with Crippen molar-refractivity contribution in [2.24, 2.45) is 0 Å². The molecule has 0 bridgehead atoms. The fourth-order valence-electron chi connectivity index (χ4n) is 1.22. The molecule has 0 heteroatoms. The van der Waals surface area contributed by atoms with Gasteiger partial charge in [0.25, 0.3) is 0 Å². The van der Waals surface area contributed by atoms with E-state index in [0.29, 0.717) is 0 Å². The molecular formula is C14H22. The highest BCUT2D eigenvalue weighted by Gasteiger charge is 1.86. The first kappa shape index (κ1) is 13.0. The summed E-state index contributed by atoms with van der Waals surface area (Å²) in [5.41, 5.74) is 0. The highest BCUT2D eigenvalue weighted by molar-refractivity contribution is 5.08. The van der Waals surface area contributed by atoms with Crippen LogP contribution in [-0.2, 0) is 0 Å². The number of hydrogen-bond acceptors (Lipinski definition) is 0. The van der Waals surface area contributed by atoms with E-state index < -0.39 is 0 Å². The van der Waals surface area contributed by atoms with Crippen molar-refractivity contribution in [1.82, 2.24) is 0 Å². The molecule has 0 nitrogen and oxygen atoms in total. The Morgan fingerprint density at radius 1 is 0.714 bits per heavy atom. The summed E-state index contributed by atoms with van der Waals surface area (Å²) in [6.07, 6.45) is 19.7. The van der Waals surface area contributed by atoms with E-state index in [1.165, 1.54) is 32.1 Å². The quantitative estimate of drug-likeness (QED) is 0.278. The van der Waals surface area contributed by atoms with Crippen LogP contribution in [0.4, 0.5) is 0 Å². The average molecular weight is 190 g/mol. The maximum Gasteiger partial charge on any atom is -0.0348 e. The van der Waals surface area contributed by atoms with E-state index in [0.717, 1.165) is 6.42 Å². The second-order valence-corrected chi connectivity index (χ2v) is 3.33. The largest absolute Gasteiger partial charge is 0.103 e. The van der Waals surface area contributed by atoms with Gasteiger partial charge in [0.05, 0.1) is 0 Å². The molecule has 0 rings (SSSR count). The molecule has 0 aliphatic rings. The Hall–Kier alpha value is -1.04. The van der Waals surface area contributed by atoms with Gasteiger partial charge in [0.2, 0.25) is 0 Å². The number of hydrogen-bond donors (Lipinski definition) is 0. The van der Waals surface area contributed by atoms with Crippen molar-refractivity contribution >= 4 is 0 Å². The fourth-order valence-corrected chi connectivity index (χ4v) is 1.22. The summed E-state index contributed by atoms with van der Waals surface area (Å²) in [4.78, 5) is 0. The normalized spacial score (nSPS) is 11.1. The molecule has 14 heavy (non-hydrogen) atoms. The Bertz CT molecular complexity index is 184. The van der Waals surface area contributed by atoms with Gasteiger partial charge in [-0.3, -0.25) is 0 Å². The van der Waals surface area contributed by atoms with Crippen molar-refractivity contribution in [3.8, 4) is 0 Å². The molecule has 0 aromatic carbocycles. The molecule has 0 aliphatic carbocycles. The first-order chi connectivity index (χ1) is 6.91. The van der Waals surface area contributed by atoms with Gasteiger partial charge < -0.3 is 0 Å². The van der Waals surface area contributed by atoms with Gasteiger partial charge in [0, 0.05) is 0 Å². The predicted octanol–water partition coefficient (Wildman–Crippen LogP) is 4.81. The van der Waals surface area contributed by atoms with E-state index in [1.807, 2.05) is 18.2 Å². The van der Waals surface area contributed by atoms with E-state index in [2.05, 4.69) is 25.3 Å². The van der Waals surface area contributed by atoms with Gasteiger partial charge in [-0.15, -0.1) is 6.58 Å². The summed E-state index contributed by atoms with van der Waals surface area (Å²) in [7, 11) is 0. The zero-order valence-corrected chi connectivity index (χ0v) is 9.12. The number of unbranched alkanes of at least 4 members (excludes halogenated alkanes) is 5. The minimum Gasteiger partial charge on any atom is -0.103 e. The minimum atomic E-state index is 1.16. The lowest BCUT2D eigenvalue weighted by Crippen LogP contribution is -1.76. The van der Waals surface area contributed by atoms with Crippen molar-refractivity contribution in [2.75, 3.05) is 0 Å². The van der Waals surface area contributed by atoms with Gasteiger partial charge in [0.15, 0.2) is 0 Å². The molecule has 0 N–H and O–H groups in total. The van der Waals surface area contributed by atoms with Gasteiger partial charge in [-0.2, -0.15) is 0 Å².